The first-order valence-corrected chi connectivity index (χ1v) is 18.5. The Bertz CT molecular complexity index is 751. The molecule has 1 heterocycles. The van der Waals surface area contributed by atoms with Crippen molar-refractivity contribution in [1.82, 2.24) is 4.90 Å². The molecule has 1 atom stereocenters. The van der Waals surface area contributed by atoms with Gasteiger partial charge in [-0.25, -0.2) is 0 Å². The molecule has 0 saturated carbocycles. The topological polar surface area (TPSA) is 21.7 Å². The molecule has 0 amide bonds. The molecule has 1 fully saturated rings. The van der Waals surface area contributed by atoms with E-state index in [1.165, 1.54) is 77.0 Å². The van der Waals surface area contributed by atoms with Gasteiger partial charge in [-0.15, -0.1) is 0 Å². The minimum Gasteiger partial charge on any atom is -0.347 e. The zero-order valence-electron chi connectivity index (χ0n) is 29.5. The Morgan fingerprint density at radius 2 is 0.955 bits per heavy atom. The number of hydrogen-bond acceptors (Lipinski definition) is 3. The number of rotatable bonds is 29. The fourth-order valence-electron chi connectivity index (χ4n) is 5.58. The van der Waals surface area contributed by atoms with Crippen LogP contribution >= 0.6 is 0 Å². The lowest BCUT2D eigenvalue weighted by atomic mass is 9.99. The maximum Gasteiger partial charge on any atom is 0.168 e. The molecule has 1 rings (SSSR count). The van der Waals surface area contributed by atoms with Crippen LogP contribution in [0.15, 0.2) is 72.9 Å². The molecule has 44 heavy (non-hydrogen) atoms. The zero-order chi connectivity index (χ0) is 31.8. The fraction of sp³-hybridized carbons (Fsp3) is 0.707. The molecule has 1 unspecified atom stereocenters. The van der Waals surface area contributed by atoms with Crippen LogP contribution in [-0.2, 0) is 9.47 Å². The minimum atomic E-state index is -0.331. The second-order valence-electron chi connectivity index (χ2n) is 12.8. The van der Waals surface area contributed by atoms with Gasteiger partial charge in [0.25, 0.3) is 0 Å². The molecule has 252 valence electrons. The fourth-order valence-corrected chi connectivity index (χ4v) is 5.58. The minimum absolute atomic E-state index is 0.251. The number of unbranched alkanes of at least 4 members (excludes halogenated alkanes) is 10. The van der Waals surface area contributed by atoms with Gasteiger partial charge in [-0.05, 0) is 97.6 Å². The van der Waals surface area contributed by atoms with E-state index in [9.17, 15) is 0 Å². The van der Waals surface area contributed by atoms with E-state index in [0.29, 0.717) is 0 Å². The Kier molecular flexibility index (Phi) is 27.5. The summed E-state index contributed by atoms with van der Waals surface area (Å²) in [5, 5.41) is 0. The van der Waals surface area contributed by atoms with Gasteiger partial charge in [-0.1, -0.05) is 125 Å². The summed E-state index contributed by atoms with van der Waals surface area (Å²) in [5.74, 6) is -0.331. The van der Waals surface area contributed by atoms with Gasteiger partial charge >= 0.3 is 0 Å². The third-order valence-corrected chi connectivity index (χ3v) is 8.23. The van der Waals surface area contributed by atoms with Crippen molar-refractivity contribution in [3.63, 3.8) is 0 Å². The highest BCUT2D eigenvalue weighted by atomic mass is 16.7. The Hall–Kier alpha value is -1.68. The highest BCUT2D eigenvalue weighted by molar-refractivity contribution is 4.98. The average Bonchev–Trinajstić information content (AvgIpc) is 3.43. The van der Waals surface area contributed by atoms with Gasteiger partial charge in [0.15, 0.2) is 5.79 Å². The van der Waals surface area contributed by atoms with Crippen molar-refractivity contribution in [3.8, 4) is 0 Å². The Balaban J connectivity index is 2.21. The molecule has 0 N–H and O–H groups in total. The van der Waals surface area contributed by atoms with Crippen LogP contribution in [0.4, 0.5) is 0 Å². The second-order valence-corrected chi connectivity index (χ2v) is 12.8. The summed E-state index contributed by atoms with van der Waals surface area (Å²) in [6.07, 6.45) is 52.6. The van der Waals surface area contributed by atoms with E-state index in [-0.39, 0.29) is 11.9 Å². The molecule has 0 spiro atoms. The summed E-state index contributed by atoms with van der Waals surface area (Å²) in [4.78, 5) is 2.25. The van der Waals surface area contributed by atoms with Crippen molar-refractivity contribution in [3.05, 3.63) is 72.9 Å². The maximum atomic E-state index is 6.65. The third kappa shape index (κ3) is 24.6. The molecule has 0 bridgehead atoms. The van der Waals surface area contributed by atoms with Gasteiger partial charge in [-0.2, -0.15) is 0 Å². The van der Waals surface area contributed by atoms with Crippen LogP contribution < -0.4 is 0 Å². The van der Waals surface area contributed by atoms with E-state index in [1.54, 1.807) is 0 Å². The first-order chi connectivity index (χ1) is 21.6. The molecule has 3 nitrogen and oxygen atoms in total. The SMILES string of the molecule is CC/C=C\C/C=C\C/C=C\CCCCCCCC1(CCCCCCC/C=C\C/C=C\C/C=C\CC)OCC(CCN(C)C)O1. The molecular formula is C41H71NO2. The quantitative estimate of drug-likeness (QED) is 0.0622. The average molecular weight is 610 g/mol. The monoisotopic (exact) mass is 610 g/mol. The van der Waals surface area contributed by atoms with Gasteiger partial charge in [0.05, 0.1) is 12.7 Å². The predicted octanol–water partition coefficient (Wildman–Crippen LogP) is 12.2. The molecule has 0 aliphatic carbocycles. The smallest absolute Gasteiger partial charge is 0.168 e. The van der Waals surface area contributed by atoms with E-state index in [4.69, 9.17) is 9.47 Å². The van der Waals surface area contributed by atoms with Crippen molar-refractivity contribution in [2.75, 3.05) is 27.2 Å². The molecule has 0 aromatic carbocycles. The van der Waals surface area contributed by atoms with Gasteiger partial charge in [0.2, 0.25) is 0 Å². The lowest BCUT2D eigenvalue weighted by molar-refractivity contribution is -0.180. The molecule has 0 aromatic rings. The van der Waals surface area contributed by atoms with E-state index in [1.807, 2.05) is 0 Å². The highest BCUT2D eigenvalue weighted by Gasteiger charge is 2.40. The normalized spacial score (nSPS) is 17.5. The van der Waals surface area contributed by atoms with Crippen LogP contribution in [-0.4, -0.2) is 44.0 Å². The van der Waals surface area contributed by atoms with Crippen LogP contribution in [0.3, 0.4) is 0 Å². The predicted molar refractivity (Wildman–Crippen MR) is 195 cm³/mol. The number of allylic oxidation sites excluding steroid dienone is 12. The molecular weight excluding hydrogens is 538 g/mol. The molecule has 0 radical (unpaired) electrons. The summed E-state index contributed by atoms with van der Waals surface area (Å²) in [7, 11) is 4.28. The van der Waals surface area contributed by atoms with Crippen molar-refractivity contribution >= 4 is 0 Å². The Morgan fingerprint density at radius 3 is 1.41 bits per heavy atom. The second kappa shape index (κ2) is 30.0. The first-order valence-electron chi connectivity index (χ1n) is 18.5. The largest absolute Gasteiger partial charge is 0.347 e. The van der Waals surface area contributed by atoms with Crippen molar-refractivity contribution < 1.29 is 9.47 Å². The zero-order valence-corrected chi connectivity index (χ0v) is 29.5. The van der Waals surface area contributed by atoms with Crippen molar-refractivity contribution in [2.45, 2.75) is 161 Å². The van der Waals surface area contributed by atoms with Gasteiger partial charge in [-0.3, -0.25) is 0 Å². The van der Waals surface area contributed by atoms with Gasteiger partial charge < -0.3 is 14.4 Å². The summed E-state index contributed by atoms with van der Waals surface area (Å²) in [6, 6.07) is 0. The lowest BCUT2D eigenvalue weighted by Gasteiger charge is -2.29. The number of hydrogen-bond donors (Lipinski definition) is 0. The van der Waals surface area contributed by atoms with Crippen LogP contribution in [0.2, 0.25) is 0 Å². The highest BCUT2D eigenvalue weighted by Crippen LogP contribution is 2.35. The summed E-state index contributed by atoms with van der Waals surface area (Å²) < 4.78 is 13.1. The summed E-state index contributed by atoms with van der Waals surface area (Å²) in [5.41, 5.74) is 0. The van der Waals surface area contributed by atoms with E-state index in [0.717, 1.165) is 70.9 Å². The lowest BCUT2D eigenvalue weighted by Crippen LogP contribution is -2.31. The van der Waals surface area contributed by atoms with Crippen LogP contribution in [0, 0.1) is 0 Å². The third-order valence-electron chi connectivity index (χ3n) is 8.23. The van der Waals surface area contributed by atoms with E-state index < -0.39 is 0 Å². The van der Waals surface area contributed by atoms with Crippen LogP contribution in [0.5, 0.6) is 0 Å². The molecule has 0 aromatic heterocycles. The van der Waals surface area contributed by atoms with Crippen molar-refractivity contribution in [2.24, 2.45) is 0 Å². The number of ether oxygens (including phenoxy) is 2. The van der Waals surface area contributed by atoms with E-state index in [2.05, 4.69) is 106 Å². The molecule has 3 heteroatoms. The molecule has 1 aliphatic heterocycles. The van der Waals surface area contributed by atoms with E-state index >= 15 is 0 Å². The standard InChI is InChI=1S/C41H71NO2/c1-5-7-9-11-13-15-17-19-21-23-25-27-29-31-33-36-41(43-39-40(44-41)35-38-42(3)4)37-34-32-30-28-26-24-22-20-18-16-14-12-10-8-6-2/h7-10,13-16,19-22,40H,5-6,11-12,17-18,23-39H2,1-4H3/b9-7-,10-8-,15-13-,16-14-,21-19-,22-20-. The number of nitrogens with zero attached hydrogens (tertiary/aromatic N) is 1. The maximum absolute atomic E-state index is 6.65. The molecule has 1 saturated heterocycles. The Labute approximate surface area is 274 Å². The van der Waals surface area contributed by atoms with Gasteiger partial charge in [0, 0.05) is 19.4 Å². The molecule has 1 aliphatic rings. The first kappa shape index (κ1) is 40.3. The summed E-state index contributed by atoms with van der Waals surface area (Å²) >= 11 is 0. The van der Waals surface area contributed by atoms with Crippen LogP contribution in [0.1, 0.15) is 149 Å². The van der Waals surface area contributed by atoms with Crippen molar-refractivity contribution in [1.29, 1.82) is 0 Å². The van der Waals surface area contributed by atoms with Gasteiger partial charge in [0.1, 0.15) is 0 Å². The Morgan fingerprint density at radius 1 is 0.545 bits per heavy atom. The summed E-state index contributed by atoms with van der Waals surface area (Å²) in [6.45, 7) is 6.19. The van der Waals surface area contributed by atoms with Crippen LogP contribution in [0.25, 0.3) is 0 Å².